The average molecular weight is 334 g/mol. The topological polar surface area (TPSA) is 61.0 Å². The van der Waals surface area contributed by atoms with Gasteiger partial charge in [0.15, 0.2) is 6.29 Å². The molecule has 2 aliphatic rings. The van der Waals surface area contributed by atoms with Gasteiger partial charge in [-0.25, -0.2) is 4.98 Å². The number of hydrogen-bond acceptors (Lipinski definition) is 4. The lowest BCUT2D eigenvalue weighted by atomic mass is 9.78. The van der Waals surface area contributed by atoms with Crippen LogP contribution in [0.2, 0.25) is 0 Å². The number of piperidine rings is 1. The Kier molecular flexibility index (Phi) is 3.31. The highest BCUT2D eigenvalue weighted by Crippen LogP contribution is 2.42. The molecule has 3 aromatic rings. The monoisotopic (exact) mass is 334 g/mol. The Hall–Kier alpha value is -2.40. The summed E-state index contributed by atoms with van der Waals surface area (Å²) in [6, 6.07) is 8.24. The molecule has 2 N–H and O–H groups in total. The minimum absolute atomic E-state index is 0.425. The molecule has 0 atom stereocenters. The third-order valence-electron chi connectivity index (χ3n) is 6.07. The summed E-state index contributed by atoms with van der Waals surface area (Å²) in [7, 11) is 0. The van der Waals surface area contributed by atoms with Crippen molar-refractivity contribution in [3.05, 3.63) is 36.0 Å². The summed E-state index contributed by atoms with van der Waals surface area (Å²) < 4.78 is 0. The van der Waals surface area contributed by atoms with Gasteiger partial charge in [-0.1, -0.05) is 18.2 Å². The van der Waals surface area contributed by atoms with Gasteiger partial charge in [-0.15, -0.1) is 0 Å². The van der Waals surface area contributed by atoms with Crippen molar-refractivity contribution in [2.45, 2.75) is 19.3 Å². The lowest BCUT2D eigenvalue weighted by Gasteiger charge is -2.34. The van der Waals surface area contributed by atoms with E-state index in [0.717, 1.165) is 60.1 Å². The van der Waals surface area contributed by atoms with Crippen LogP contribution in [-0.2, 0) is 0 Å². The van der Waals surface area contributed by atoms with Crippen molar-refractivity contribution in [3.63, 3.8) is 0 Å². The van der Waals surface area contributed by atoms with Gasteiger partial charge in [0, 0.05) is 30.2 Å². The largest absolute Gasteiger partial charge is 0.355 e. The number of nitrogens with one attached hydrogen (secondary N) is 2. The van der Waals surface area contributed by atoms with Gasteiger partial charge in [-0.3, -0.25) is 4.79 Å². The average Bonchev–Trinajstić information content (AvgIpc) is 3.24. The maximum absolute atomic E-state index is 11.5. The van der Waals surface area contributed by atoms with Gasteiger partial charge in [0.05, 0.1) is 16.5 Å². The Morgan fingerprint density at radius 3 is 2.84 bits per heavy atom. The fraction of sp³-hybridized carbons (Fsp3) is 0.400. The predicted octanol–water partition coefficient (Wildman–Crippen LogP) is 3.11. The highest BCUT2D eigenvalue weighted by atomic mass is 16.1. The number of carbonyl (C=O) groups excluding carboxylic acids is 1. The van der Waals surface area contributed by atoms with Crippen molar-refractivity contribution in [1.82, 2.24) is 15.3 Å². The molecule has 2 saturated heterocycles. The molecule has 2 aliphatic heterocycles. The number of aromatic nitrogens is 2. The molecule has 1 spiro atoms. The van der Waals surface area contributed by atoms with E-state index >= 15 is 0 Å². The second kappa shape index (κ2) is 5.56. The normalized spacial score (nSPS) is 19.9. The first-order valence-corrected chi connectivity index (χ1v) is 9.10. The summed E-state index contributed by atoms with van der Waals surface area (Å²) in [5, 5.41) is 5.71. The summed E-state index contributed by atoms with van der Waals surface area (Å²) in [5.74, 6) is 1.02. The quantitative estimate of drug-likeness (QED) is 0.707. The van der Waals surface area contributed by atoms with Crippen LogP contribution in [0.5, 0.6) is 0 Å². The molecule has 0 aliphatic carbocycles. The number of H-pyrrole nitrogens is 1. The Morgan fingerprint density at radius 2 is 2.00 bits per heavy atom. The lowest BCUT2D eigenvalue weighted by molar-refractivity contribution is 0.112. The molecular weight excluding hydrogens is 312 g/mol. The number of nitrogens with zero attached hydrogens (tertiary/aromatic N) is 2. The number of benzene rings is 1. The van der Waals surface area contributed by atoms with Crippen LogP contribution in [0, 0.1) is 5.41 Å². The first-order valence-electron chi connectivity index (χ1n) is 9.10. The molecule has 1 aromatic carbocycles. The van der Waals surface area contributed by atoms with E-state index < -0.39 is 0 Å². The fourth-order valence-corrected chi connectivity index (χ4v) is 4.66. The van der Waals surface area contributed by atoms with Crippen LogP contribution in [0.4, 0.5) is 5.82 Å². The Bertz CT molecular complexity index is 955. The van der Waals surface area contributed by atoms with Crippen LogP contribution in [0.15, 0.2) is 30.5 Å². The summed E-state index contributed by atoms with van der Waals surface area (Å²) >= 11 is 0. The Labute approximate surface area is 146 Å². The van der Waals surface area contributed by atoms with E-state index in [1.54, 1.807) is 6.20 Å². The highest BCUT2D eigenvalue weighted by molar-refractivity contribution is 6.16. The van der Waals surface area contributed by atoms with Gasteiger partial charge < -0.3 is 15.2 Å². The van der Waals surface area contributed by atoms with E-state index in [2.05, 4.69) is 27.3 Å². The van der Waals surface area contributed by atoms with Crippen molar-refractivity contribution < 1.29 is 4.79 Å². The first-order chi connectivity index (χ1) is 12.3. The number of anilines is 1. The number of fused-ring (bicyclic) bond motifs is 3. The number of aromatic amines is 1. The van der Waals surface area contributed by atoms with Crippen LogP contribution in [0.3, 0.4) is 0 Å². The van der Waals surface area contributed by atoms with Gasteiger partial charge >= 0.3 is 0 Å². The first kappa shape index (κ1) is 14.9. The molecule has 0 amide bonds. The minimum Gasteiger partial charge on any atom is -0.355 e. The van der Waals surface area contributed by atoms with Gasteiger partial charge in [-0.05, 0) is 43.8 Å². The Balaban J connectivity index is 1.65. The third-order valence-corrected chi connectivity index (χ3v) is 6.07. The zero-order valence-electron chi connectivity index (χ0n) is 14.2. The molecule has 5 nitrogen and oxygen atoms in total. The molecule has 5 heteroatoms. The van der Waals surface area contributed by atoms with Crippen molar-refractivity contribution in [1.29, 1.82) is 0 Å². The van der Waals surface area contributed by atoms with Gasteiger partial charge in [0.25, 0.3) is 0 Å². The standard InChI is InChI=1S/C20H22N4O/c25-12-14-11-22-19(17-15-3-1-2-4-16(15)23-18(14)17)24-10-7-20(13-24)5-8-21-9-6-20/h1-4,11-12,21,23H,5-10,13H2. The van der Waals surface area contributed by atoms with Crippen LogP contribution in [0.1, 0.15) is 29.6 Å². The number of para-hydroxylation sites is 1. The van der Waals surface area contributed by atoms with Crippen molar-refractivity contribution in [3.8, 4) is 0 Å². The summed E-state index contributed by atoms with van der Waals surface area (Å²) in [6.07, 6.45) is 6.33. The number of hydrogen-bond donors (Lipinski definition) is 2. The molecule has 0 radical (unpaired) electrons. The molecule has 25 heavy (non-hydrogen) atoms. The van der Waals surface area contributed by atoms with E-state index in [1.807, 2.05) is 12.1 Å². The van der Waals surface area contributed by atoms with Crippen LogP contribution in [-0.4, -0.2) is 42.4 Å². The van der Waals surface area contributed by atoms with E-state index in [-0.39, 0.29) is 0 Å². The van der Waals surface area contributed by atoms with E-state index in [0.29, 0.717) is 11.0 Å². The van der Waals surface area contributed by atoms with Crippen LogP contribution in [0.25, 0.3) is 21.8 Å². The fourth-order valence-electron chi connectivity index (χ4n) is 4.66. The smallest absolute Gasteiger partial charge is 0.153 e. The lowest BCUT2D eigenvalue weighted by Crippen LogP contribution is -2.38. The van der Waals surface area contributed by atoms with Gasteiger partial charge in [-0.2, -0.15) is 0 Å². The molecule has 0 bridgehead atoms. The van der Waals surface area contributed by atoms with E-state index in [4.69, 9.17) is 4.98 Å². The molecule has 0 saturated carbocycles. The number of rotatable bonds is 2. The molecule has 128 valence electrons. The summed E-state index contributed by atoms with van der Waals surface area (Å²) in [6.45, 7) is 4.35. The molecule has 5 rings (SSSR count). The number of aldehydes is 1. The van der Waals surface area contributed by atoms with E-state index in [1.165, 1.54) is 19.3 Å². The summed E-state index contributed by atoms with van der Waals surface area (Å²) in [4.78, 5) is 22.1. The number of pyridine rings is 1. The summed E-state index contributed by atoms with van der Waals surface area (Å²) in [5.41, 5.74) is 3.03. The van der Waals surface area contributed by atoms with Crippen LogP contribution >= 0.6 is 0 Å². The second-order valence-electron chi connectivity index (χ2n) is 7.50. The zero-order chi connectivity index (χ0) is 16.9. The Morgan fingerprint density at radius 1 is 1.16 bits per heavy atom. The van der Waals surface area contributed by atoms with Crippen molar-refractivity contribution in [2.24, 2.45) is 5.41 Å². The molecule has 0 unspecified atom stereocenters. The van der Waals surface area contributed by atoms with Gasteiger partial charge in [0.1, 0.15) is 5.82 Å². The molecule has 2 fully saturated rings. The molecule has 2 aromatic heterocycles. The number of carbonyl (C=O) groups is 1. The van der Waals surface area contributed by atoms with Crippen molar-refractivity contribution in [2.75, 3.05) is 31.1 Å². The van der Waals surface area contributed by atoms with Gasteiger partial charge in [0.2, 0.25) is 0 Å². The zero-order valence-corrected chi connectivity index (χ0v) is 14.2. The molecular formula is C20H22N4O. The maximum atomic E-state index is 11.5. The minimum atomic E-state index is 0.425. The maximum Gasteiger partial charge on any atom is 0.153 e. The van der Waals surface area contributed by atoms with Crippen molar-refractivity contribution >= 4 is 33.9 Å². The SMILES string of the molecule is O=Cc1cnc(N2CCC3(CCNCC3)C2)c2c1[nH]c1ccccc12. The predicted molar refractivity (Wildman–Crippen MR) is 100 cm³/mol. The second-order valence-corrected chi connectivity index (χ2v) is 7.50. The van der Waals surface area contributed by atoms with E-state index in [9.17, 15) is 4.79 Å². The third kappa shape index (κ3) is 2.26. The van der Waals surface area contributed by atoms with Crippen LogP contribution < -0.4 is 10.2 Å². The molecule has 4 heterocycles. The highest BCUT2D eigenvalue weighted by Gasteiger charge is 2.39.